The standard InChI is InChI=1S/C20H19N3O4/c1-3-27-19-11-14(4-9-18(19)25)10-15(12-21)20(26)23-17-7-5-16(6-8-17)22-13(2)24/h4-11,25H,3H2,1-2H3,(H,22,24)(H,23,26)/b15-10+. The number of ether oxygens (including phenoxy) is 1. The predicted molar refractivity (Wildman–Crippen MR) is 102 cm³/mol. The van der Waals surface area contributed by atoms with Gasteiger partial charge >= 0.3 is 0 Å². The highest BCUT2D eigenvalue weighted by Gasteiger charge is 2.11. The van der Waals surface area contributed by atoms with E-state index in [1.165, 1.54) is 19.1 Å². The first-order chi connectivity index (χ1) is 12.9. The number of hydrogen-bond acceptors (Lipinski definition) is 5. The van der Waals surface area contributed by atoms with Crippen molar-refractivity contribution in [1.82, 2.24) is 0 Å². The zero-order valence-corrected chi connectivity index (χ0v) is 14.9. The van der Waals surface area contributed by atoms with Crippen LogP contribution in [-0.2, 0) is 9.59 Å². The monoisotopic (exact) mass is 365 g/mol. The number of carbonyl (C=O) groups is 2. The number of phenols is 1. The molecule has 2 aromatic carbocycles. The van der Waals surface area contributed by atoms with Gasteiger partial charge in [-0.1, -0.05) is 6.07 Å². The Morgan fingerprint density at radius 2 is 1.78 bits per heavy atom. The summed E-state index contributed by atoms with van der Waals surface area (Å²) in [5.74, 6) is -0.508. The molecule has 0 saturated heterocycles. The highest BCUT2D eigenvalue weighted by atomic mass is 16.5. The molecule has 0 spiro atoms. The number of benzene rings is 2. The summed E-state index contributed by atoms with van der Waals surface area (Å²) in [5, 5.41) is 24.3. The molecule has 2 aromatic rings. The molecule has 27 heavy (non-hydrogen) atoms. The van der Waals surface area contributed by atoms with Crippen molar-refractivity contribution >= 4 is 29.3 Å². The number of anilines is 2. The lowest BCUT2D eigenvalue weighted by molar-refractivity contribution is -0.114. The first-order valence-corrected chi connectivity index (χ1v) is 8.19. The summed E-state index contributed by atoms with van der Waals surface area (Å²) in [4.78, 5) is 23.4. The highest BCUT2D eigenvalue weighted by Crippen LogP contribution is 2.27. The molecule has 2 amide bonds. The summed E-state index contributed by atoms with van der Waals surface area (Å²) in [6, 6.07) is 12.9. The van der Waals surface area contributed by atoms with E-state index in [0.717, 1.165) is 0 Å². The quantitative estimate of drug-likeness (QED) is 0.537. The van der Waals surface area contributed by atoms with Gasteiger partial charge in [0.2, 0.25) is 5.91 Å². The summed E-state index contributed by atoms with van der Waals surface area (Å²) >= 11 is 0. The number of amides is 2. The molecule has 7 heteroatoms. The van der Waals surface area contributed by atoms with E-state index < -0.39 is 5.91 Å². The van der Waals surface area contributed by atoms with E-state index in [2.05, 4.69) is 10.6 Å². The van der Waals surface area contributed by atoms with Crippen LogP contribution in [0.5, 0.6) is 11.5 Å². The lowest BCUT2D eigenvalue weighted by Gasteiger charge is -2.08. The fourth-order valence-corrected chi connectivity index (χ4v) is 2.25. The number of nitrogens with zero attached hydrogens (tertiary/aromatic N) is 1. The molecule has 0 aliphatic carbocycles. The van der Waals surface area contributed by atoms with E-state index in [-0.39, 0.29) is 23.0 Å². The third kappa shape index (κ3) is 5.61. The maximum absolute atomic E-state index is 12.3. The van der Waals surface area contributed by atoms with E-state index >= 15 is 0 Å². The number of carbonyl (C=O) groups excluding carboxylic acids is 2. The third-order valence-electron chi connectivity index (χ3n) is 3.42. The molecule has 7 nitrogen and oxygen atoms in total. The molecular formula is C20H19N3O4. The summed E-state index contributed by atoms with van der Waals surface area (Å²) in [6.07, 6.45) is 1.41. The smallest absolute Gasteiger partial charge is 0.266 e. The first kappa shape index (κ1) is 19.5. The molecule has 138 valence electrons. The normalized spacial score (nSPS) is 10.6. The Labute approximate surface area is 156 Å². The molecule has 0 aliphatic heterocycles. The average molecular weight is 365 g/mol. The molecule has 3 N–H and O–H groups in total. The second kappa shape index (κ2) is 9.06. The molecule has 0 heterocycles. The molecule has 0 atom stereocenters. The van der Waals surface area contributed by atoms with Crippen molar-refractivity contribution in [3.63, 3.8) is 0 Å². The molecule has 0 radical (unpaired) electrons. The van der Waals surface area contributed by atoms with Gasteiger partial charge < -0.3 is 20.5 Å². The largest absolute Gasteiger partial charge is 0.504 e. The van der Waals surface area contributed by atoms with Crippen molar-refractivity contribution in [3.8, 4) is 17.6 Å². The zero-order chi connectivity index (χ0) is 19.8. The van der Waals surface area contributed by atoms with Crippen LogP contribution >= 0.6 is 0 Å². The van der Waals surface area contributed by atoms with Gasteiger partial charge in [-0.25, -0.2) is 0 Å². The Hall–Kier alpha value is -3.79. The maximum atomic E-state index is 12.3. The minimum absolute atomic E-state index is 0.0174. The number of phenolic OH excluding ortho intramolecular Hbond substituents is 1. The Morgan fingerprint density at radius 3 is 2.33 bits per heavy atom. The zero-order valence-electron chi connectivity index (χ0n) is 14.9. The molecule has 0 aromatic heterocycles. The van der Waals surface area contributed by atoms with Gasteiger partial charge in [0.05, 0.1) is 6.61 Å². The molecular weight excluding hydrogens is 346 g/mol. The van der Waals surface area contributed by atoms with Crippen LogP contribution in [0.25, 0.3) is 6.08 Å². The van der Waals surface area contributed by atoms with E-state index in [0.29, 0.717) is 23.5 Å². The topological polar surface area (TPSA) is 111 Å². The van der Waals surface area contributed by atoms with Crippen molar-refractivity contribution in [3.05, 3.63) is 53.6 Å². The molecule has 0 bridgehead atoms. The Balaban J connectivity index is 2.16. The van der Waals surface area contributed by atoms with Crippen LogP contribution in [-0.4, -0.2) is 23.5 Å². The summed E-state index contributed by atoms with van der Waals surface area (Å²) < 4.78 is 5.29. The molecule has 0 unspecified atom stereocenters. The van der Waals surface area contributed by atoms with Crippen LogP contribution in [0.3, 0.4) is 0 Å². The van der Waals surface area contributed by atoms with Gasteiger partial charge in [0.15, 0.2) is 11.5 Å². The van der Waals surface area contributed by atoms with Crippen molar-refractivity contribution in [1.29, 1.82) is 5.26 Å². The van der Waals surface area contributed by atoms with Gasteiger partial charge in [-0.2, -0.15) is 5.26 Å². The van der Waals surface area contributed by atoms with Crippen molar-refractivity contribution in [2.75, 3.05) is 17.2 Å². The van der Waals surface area contributed by atoms with Crippen LogP contribution < -0.4 is 15.4 Å². The second-order valence-corrected chi connectivity index (χ2v) is 5.54. The van der Waals surface area contributed by atoms with Crippen molar-refractivity contribution in [2.45, 2.75) is 13.8 Å². The maximum Gasteiger partial charge on any atom is 0.266 e. The van der Waals surface area contributed by atoms with Gasteiger partial charge in [-0.3, -0.25) is 9.59 Å². The van der Waals surface area contributed by atoms with Crippen LogP contribution in [0.2, 0.25) is 0 Å². The van der Waals surface area contributed by atoms with Gasteiger partial charge in [0.1, 0.15) is 11.6 Å². The molecule has 0 aliphatic rings. The van der Waals surface area contributed by atoms with E-state index in [1.807, 2.05) is 6.07 Å². The summed E-state index contributed by atoms with van der Waals surface area (Å²) in [6.45, 7) is 3.56. The van der Waals surface area contributed by atoms with Crippen LogP contribution in [0.15, 0.2) is 48.0 Å². The lowest BCUT2D eigenvalue weighted by atomic mass is 10.1. The van der Waals surface area contributed by atoms with Crippen molar-refractivity contribution in [2.24, 2.45) is 0 Å². The predicted octanol–water partition coefficient (Wildman–Crippen LogP) is 3.29. The third-order valence-corrected chi connectivity index (χ3v) is 3.42. The van der Waals surface area contributed by atoms with Crippen LogP contribution in [0.1, 0.15) is 19.4 Å². The summed E-state index contributed by atoms with van der Waals surface area (Å²) in [5.41, 5.74) is 1.53. The van der Waals surface area contributed by atoms with E-state index in [9.17, 15) is 20.0 Å². The number of nitrogens with one attached hydrogen (secondary N) is 2. The SMILES string of the molecule is CCOc1cc(/C=C(\C#N)C(=O)Nc2ccc(NC(C)=O)cc2)ccc1O. The molecule has 0 fully saturated rings. The van der Waals surface area contributed by atoms with Gasteiger partial charge in [-0.05, 0) is 55.0 Å². The lowest BCUT2D eigenvalue weighted by Crippen LogP contribution is -2.13. The first-order valence-electron chi connectivity index (χ1n) is 8.19. The minimum Gasteiger partial charge on any atom is -0.504 e. The fourth-order valence-electron chi connectivity index (χ4n) is 2.25. The Kier molecular flexibility index (Phi) is 6.55. The number of rotatable bonds is 6. The second-order valence-electron chi connectivity index (χ2n) is 5.54. The highest BCUT2D eigenvalue weighted by molar-refractivity contribution is 6.09. The van der Waals surface area contributed by atoms with Crippen LogP contribution in [0, 0.1) is 11.3 Å². The van der Waals surface area contributed by atoms with Crippen LogP contribution in [0.4, 0.5) is 11.4 Å². The fraction of sp³-hybridized carbons (Fsp3) is 0.150. The van der Waals surface area contributed by atoms with Gasteiger partial charge in [0, 0.05) is 18.3 Å². The van der Waals surface area contributed by atoms with Gasteiger partial charge in [0.25, 0.3) is 5.91 Å². The Bertz CT molecular complexity index is 912. The van der Waals surface area contributed by atoms with Gasteiger partial charge in [-0.15, -0.1) is 0 Å². The molecule has 2 rings (SSSR count). The number of hydrogen-bond donors (Lipinski definition) is 3. The Morgan fingerprint density at radius 1 is 1.15 bits per heavy atom. The number of nitriles is 1. The van der Waals surface area contributed by atoms with Crippen molar-refractivity contribution < 1.29 is 19.4 Å². The summed E-state index contributed by atoms with van der Waals surface area (Å²) in [7, 11) is 0. The van der Waals surface area contributed by atoms with E-state index in [4.69, 9.17) is 4.74 Å². The number of aromatic hydroxyl groups is 1. The minimum atomic E-state index is -0.573. The van der Waals surface area contributed by atoms with E-state index in [1.54, 1.807) is 43.3 Å². The average Bonchev–Trinajstić information content (AvgIpc) is 2.63. The molecule has 0 saturated carbocycles.